The number of aliphatic carboxylic acids is 2. The molecule has 1 aromatic carbocycles. The number of hydrogen-bond acceptors (Lipinski definition) is 7. The van der Waals surface area contributed by atoms with E-state index in [1.165, 1.54) is 12.1 Å². The topological polar surface area (TPSA) is 170 Å². The number of carboxylic acid groups (broad SMARTS) is 2. The predicted octanol–water partition coefficient (Wildman–Crippen LogP) is 1.90. The maximum Gasteiger partial charge on any atom is 0.303 e. The summed E-state index contributed by atoms with van der Waals surface area (Å²) in [5.74, 6) is -10.6. The lowest BCUT2D eigenvalue weighted by Gasteiger charge is -2.44. The molecule has 0 aromatic heterocycles. The Morgan fingerprint density at radius 3 is 2.00 bits per heavy atom. The molecule has 0 spiro atoms. The zero-order chi connectivity index (χ0) is 28.9. The number of nitrogens with zero attached hydrogens (tertiary/aromatic N) is 2. The van der Waals surface area contributed by atoms with Gasteiger partial charge in [-0.05, 0) is 37.7 Å². The summed E-state index contributed by atoms with van der Waals surface area (Å²) in [4.78, 5) is 77.9. The molecule has 4 aliphatic rings. The summed E-state index contributed by atoms with van der Waals surface area (Å²) in [6, 6.07) is 3.92. The first-order chi connectivity index (χ1) is 19.0. The number of carbonyl (C=O) groups is 6. The number of carboxylic acids is 2. The number of allylic oxidation sites excluding steroid dienone is 2. The first-order valence-corrected chi connectivity index (χ1v) is 13.3. The maximum atomic E-state index is 14.5. The average Bonchev–Trinajstić information content (AvgIpc) is 3.29. The predicted molar refractivity (Wildman–Crippen MR) is 133 cm³/mol. The number of imide groups is 2. The third-order valence-electron chi connectivity index (χ3n) is 8.73. The monoisotopic (exact) mass is 556 g/mol. The quantitative estimate of drug-likeness (QED) is 0.304. The van der Waals surface area contributed by atoms with Crippen molar-refractivity contribution < 1.29 is 48.5 Å². The molecule has 12 heteroatoms. The van der Waals surface area contributed by atoms with Crippen LogP contribution in [0.25, 0.3) is 0 Å². The van der Waals surface area contributed by atoms with Gasteiger partial charge in [0, 0.05) is 37.4 Å². The van der Waals surface area contributed by atoms with E-state index < -0.39 is 82.6 Å². The second-order valence-electron chi connectivity index (χ2n) is 10.9. The van der Waals surface area contributed by atoms with Gasteiger partial charge in [0.05, 0.1) is 23.7 Å². The van der Waals surface area contributed by atoms with Crippen LogP contribution in [0.5, 0.6) is 5.75 Å². The number of fused-ring (bicyclic) bond motifs is 4. The van der Waals surface area contributed by atoms with E-state index >= 15 is 0 Å². The van der Waals surface area contributed by atoms with Crippen molar-refractivity contribution in [1.82, 2.24) is 9.80 Å². The van der Waals surface area contributed by atoms with E-state index in [1.807, 2.05) is 0 Å². The fourth-order valence-electron chi connectivity index (χ4n) is 7.07. The SMILES string of the molecule is O=C(O)CCCN1C(=O)C2CC=C3C(CC4C(=O)N(CCCC(=O)O)C(=O)C4C3c3cccc(F)c3O)C2C1=O. The smallest absolute Gasteiger partial charge is 0.303 e. The number of aromatic hydroxyl groups is 1. The fourth-order valence-corrected chi connectivity index (χ4v) is 7.07. The van der Waals surface area contributed by atoms with Crippen LogP contribution in [0.15, 0.2) is 29.8 Å². The standard InChI is InChI=1S/C28H29FN2O9/c29-18-5-1-4-14(24(18)36)21-13-8-9-15-22(27(39)30(25(15)37)10-2-6-19(32)33)16(13)12-17-23(21)28(40)31(26(17)38)11-3-7-20(34)35/h1,4-5,8,15-17,21-23,36H,2-3,6-7,9-12H2,(H,32,33)(H,34,35). The Hall–Kier alpha value is -4.09. The number of phenols is 1. The Balaban J connectivity index is 1.52. The number of rotatable bonds is 9. The van der Waals surface area contributed by atoms with Gasteiger partial charge in [-0.1, -0.05) is 23.8 Å². The van der Waals surface area contributed by atoms with Gasteiger partial charge < -0.3 is 15.3 Å². The van der Waals surface area contributed by atoms with Gasteiger partial charge in [-0.15, -0.1) is 0 Å². The molecule has 2 heterocycles. The highest BCUT2D eigenvalue weighted by Crippen LogP contribution is 2.58. The number of para-hydroxylation sites is 1. The van der Waals surface area contributed by atoms with Crippen LogP contribution in [0.1, 0.15) is 50.0 Å². The largest absolute Gasteiger partial charge is 0.505 e. The first-order valence-electron chi connectivity index (χ1n) is 13.3. The summed E-state index contributed by atoms with van der Waals surface area (Å²) in [6.07, 6.45) is 1.72. The average molecular weight is 557 g/mol. The Labute approximate surface area is 228 Å². The second-order valence-corrected chi connectivity index (χ2v) is 10.9. The zero-order valence-electron chi connectivity index (χ0n) is 21.5. The van der Waals surface area contributed by atoms with Crippen molar-refractivity contribution in [3.63, 3.8) is 0 Å². The summed E-state index contributed by atoms with van der Waals surface area (Å²) < 4.78 is 14.5. The lowest BCUT2D eigenvalue weighted by molar-refractivity contribution is -0.143. The normalized spacial score (nSPS) is 29.3. The van der Waals surface area contributed by atoms with Gasteiger partial charge in [0.25, 0.3) is 0 Å². The number of benzene rings is 1. The molecule has 6 unspecified atom stereocenters. The lowest BCUT2D eigenvalue weighted by atomic mass is 9.57. The molecule has 1 aromatic rings. The van der Waals surface area contributed by atoms with Gasteiger partial charge in [0.1, 0.15) is 0 Å². The molecule has 2 aliphatic heterocycles. The minimum Gasteiger partial charge on any atom is -0.505 e. The Morgan fingerprint density at radius 1 is 0.825 bits per heavy atom. The molecule has 0 bridgehead atoms. The molecule has 212 valence electrons. The van der Waals surface area contributed by atoms with Crippen molar-refractivity contribution >= 4 is 35.6 Å². The van der Waals surface area contributed by atoms with Crippen LogP contribution in [-0.4, -0.2) is 73.8 Å². The Kier molecular flexibility index (Phi) is 7.19. The van der Waals surface area contributed by atoms with Crippen LogP contribution in [0.2, 0.25) is 0 Å². The molecule has 2 saturated heterocycles. The summed E-state index contributed by atoms with van der Waals surface area (Å²) >= 11 is 0. The van der Waals surface area contributed by atoms with Gasteiger partial charge >= 0.3 is 11.9 Å². The molecule has 40 heavy (non-hydrogen) atoms. The number of halogens is 1. The fraction of sp³-hybridized carbons (Fsp3) is 0.500. The highest BCUT2D eigenvalue weighted by Gasteiger charge is 2.62. The number of carbonyl (C=O) groups excluding carboxylic acids is 4. The van der Waals surface area contributed by atoms with Crippen LogP contribution in [0.4, 0.5) is 4.39 Å². The van der Waals surface area contributed by atoms with Crippen molar-refractivity contribution in [3.8, 4) is 5.75 Å². The van der Waals surface area contributed by atoms with E-state index in [2.05, 4.69) is 0 Å². The highest BCUT2D eigenvalue weighted by molar-refractivity contribution is 6.08. The molecule has 11 nitrogen and oxygen atoms in total. The third-order valence-corrected chi connectivity index (χ3v) is 8.73. The lowest BCUT2D eigenvalue weighted by Crippen LogP contribution is -2.43. The summed E-state index contributed by atoms with van der Waals surface area (Å²) in [5.41, 5.74) is 0.693. The van der Waals surface area contributed by atoms with Crippen LogP contribution in [-0.2, 0) is 28.8 Å². The van der Waals surface area contributed by atoms with Crippen molar-refractivity contribution in [2.75, 3.05) is 13.1 Å². The Morgan fingerprint density at radius 2 is 1.40 bits per heavy atom. The summed E-state index contributed by atoms with van der Waals surface area (Å²) in [5, 5.41) is 28.6. The van der Waals surface area contributed by atoms with E-state index in [-0.39, 0.29) is 57.2 Å². The van der Waals surface area contributed by atoms with Gasteiger partial charge in [-0.3, -0.25) is 38.6 Å². The molecule has 1 saturated carbocycles. The number of phenolic OH excluding ortho intramolecular Hbond substituents is 1. The van der Waals surface area contributed by atoms with E-state index in [1.54, 1.807) is 6.08 Å². The van der Waals surface area contributed by atoms with Crippen LogP contribution >= 0.6 is 0 Å². The van der Waals surface area contributed by atoms with Crippen LogP contribution in [0, 0.1) is 35.4 Å². The summed E-state index contributed by atoms with van der Waals surface area (Å²) in [7, 11) is 0. The maximum absolute atomic E-state index is 14.5. The first kappa shape index (κ1) is 27.5. The third kappa shape index (κ3) is 4.44. The van der Waals surface area contributed by atoms with E-state index in [0.717, 1.165) is 15.9 Å². The van der Waals surface area contributed by atoms with Crippen LogP contribution in [0.3, 0.4) is 0 Å². The van der Waals surface area contributed by atoms with Gasteiger partial charge in [-0.2, -0.15) is 0 Å². The minimum absolute atomic E-state index is 0.0477. The molecule has 4 amide bonds. The molecule has 3 N–H and O–H groups in total. The molecule has 0 radical (unpaired) electrons. The molecule has 2 aliphatic carbocycles. The molecule has 5 rings (SSSR count). The number of amides is 4. The minimum atomic E-state index is -1.07. The van der Waals surface area contributed by atoms with E-state index in [4.69, 9.17) is 10.2 Å². The van der Waals surface area contributed by atoms with Crippen molar-refractivity contribution in [1.29, 1.82) is 0 Å². The van der Waals surface area contributed by atoms with E-state index in [9.17, 15) is 38.3 Å². The molecule has 3 fully saturated rings. The van der Waals surface area contributed by atoms with Crippen molar-refractivity contribution in [2.45, 2.75) is 44.4 Å². The van der Waals surface area contributed by atoms with Crippen molar-refractivity contribution in [3.05, 3.63) is 41.2 Å². The number of hydrogen-bond donors (Lipinski definition) is 3. The van der Waals surface area contributed by atoms with Crippen molar-refractivity contribution in [2.24, 2.45) is 29.6 Å². The van der Waals surface area contributed by atoms with Gasteiger partial charge in [0.15, 0.2) is 11.6 Å². The van der Waals surface area contributed by atoms with Crippen LogP contribution < -0.4 is 0 Å². The van der Waals surface area contributed by atoms with E-state index in [0.29, 0.717) is 5.57 Å². The number of likely N-dealkylation sites (tertiary alicyclic amines) is 2. The van der Waals surface area contributed by atoms with Gasteiger partial charge in [0.2, 0.25) is 23.6 Å². The second kappa shape index (κ2) is 10.5. The molecular weight excluding hydrogens is 527 g/mol. The summed E-state index contributed by atoms with van der Waals surface area (Å²) in [6.45, 7) is -0.155. The zero-order valence-corrected chi connectivity index (χ0v) is 21.5. The Bertz CT molecular complexity index is 1340. The van der Waals surface area contributed by atoms with Gasteiger partial charge in [-0.25, -0.2) is 4.39 Å². The molecular formula is C28H29FN2O9. The molecule has 6 atom stereocenters. The highest BCUT2D eigenvalue weighted by atomic mass is 19.1.